The Morgan fingerprint density at radius 2 is 2.25 bits per heavy atom. The summed E-state index contributed by atoms with van der Waals surface area (Å²) in [6, 6.07) is 3.71. The highest BCUT2D eigenvalue weighted by Gasteiger charge is 2.27. The summed E-state index contributed by atoms with van der Waals surface area (Å²) in [7, 11) is -3.05. The van der Waals surface area contributed by atoms with Crippen molar-refractivity contribution in [3.05, 3.63) is 29.0 Å². The number of nitrogens with one attached hydrogen (secondary N) is 2. The Labute approximate surface area is 148 Å². The van der Waals surface area contributed by atoms with E-state index < -0.39 is 10.0 Å². The average molecular weight is 374 g/mol. The van der Waals surface area contributed by atoms with E-state index in [4.69, 9.17) is 11.6 Å². The van der Waals surface area contributed by atoms with Crippen LogP contribution in [0.1, 0.15) is 18.9 Å². The molecular weight excluding hydrogens is 350 g/mol. The lowest BCUT2D eigenvalue weighted by Gasteiger charge is -2.14. The van der Waals surface area contributed by atoms with Gasteiger partial charge in [0.25, 0.3) is 0 Å². The van der Waals surface area contributed by atoms with Gasteiger partial charge in [-0.3, -0.25) is 4.99 Å². The first-order chi connectivity index (χ1) is 11.5. The SMILES string of the molecule is CCNC(=NCCN1CCCS1(=O)=O)NCCc1ccc(Cl)nc1. The van der Waals surface area contributed by atoms with Gasteiger partial charge in [-0.25, -0.2) is 17.7 Å². The van der Waals surface area contributed by atoms with Crippen molar-refractivity contribution in [2.45, 2.75) is 19.8 Å². The van der Waals surface area contributed by atoms with Gasteiger partial charge in [0.05, 0.1) is 12.3 Å². The maximum atomic E-state index is 11.7. The van der Waals surface area contributed by atoms with Crippen LogP contribution in [0.4, 0.5) is 0 Å². The fourth-order valence-corrected chi connectivity index (χ4v) is 4.07. The zero-order valence-corrected chi connectivity index (χ0v) is 15.4. The average Bonchev–Trinajstić information content (AvgIpc) is 2.88. The van der Waals surface area contributed by atoms with Crippen LogP contribution in [0.2, 0.25) is 5.15 Å². The summed E-state index contributed by atoms with van der Waals surface area (Å²) in [6.07, 6.45) is 3.26. The number of sulfonamides is 1. The van der Waals surface area contributed by atoms with E-state index in [-0.39, 0.29) is 5.75 Å². The van der Waals surface area contributed by atoms with Crippen molar-refractivity contribution in [2.24, 2.45) is 4.99 Å². The van der Waals surface area contributed by atoms with Crippen molar-refractivity contribution in [3.63, 3.8) is 0 Å². The van der Waals surface area contributed by atoms with Crippen molar-refractivity contribution in [1.29, 1.82) is 0 Å². The van der Waals surface area contributed by atoms with E-state index in [1.54, 1.807) is 12.3 Å². The van der Waals surface area contributed by atoms with Crippen molar-refractivity contribution >= 4 is 27.6 Å². The minimum absolute atomic E-state index is 0.254. The van der Waals surface area contributed by atoms with Gasteiger partial charge >= 0.3 is 0 Å². The molecule has 0 bridgehead atoms. The molecule has 7 nitrogen and oxygen atoms in total. The van der Waals surface area contributed by atoms with Gasteiger partial charge in [0.15, 0.2) is 5.96 Å². The van der Waals surface area contributed by atoms with Crippen LogP contribution in [0.25, 0.3) is 0 Å². The smallest absolute Gasteiger partial charge is 0.214 e. The molecule has 1 saturated heterocycles. The van der Waals surface area contributed by atoms with Gasteiger partial charge in [-0.15, -0.1) is 0 Å². The highest BCUT2D eigenvalue weighted by molar-refractivity contribution is 7.89. The minimum atomic E-state index is -3.05. The first-order valence-corrected chi connectivity index (χ1v) is 10.1. The molecule has 1 aliphatic rings. The van der Waals surface area contributed by atoms with Crippen LogP contribution in [0, 0.1) is 0 Å². The van der Waals surface area contributed by atoms with Gasteiger partial charge in [-0.05, 0) is 31.4 Å². The molecule has 134 valence electrons. The molecule has 1 aromatic heterocycles. The molecule has 0 atom stereocenters. The molecule has 2 rings (SSSR count). The molecule has 1 aliphatic heterocycles. The second kappa shape index (κ2) is 9.19. The Morgan fingerprint density at radius 3 is 2.88 bits per heavy atom. The molecular formula is C15H24ClN5O2S. The Balaban J connectivity index is 1.78. The molecule has 2 N–H and O–H groups in total. The second-order valence-electron chi connectivity index (χ2n) is 5.50. The third-order valence-corrected chi connectivity index (χ3v) is 5.84. The Kier molecular flexibility index (Phi) is 7.26. The number of hydrogen-bond acceptors (Lipinski definition) is 4. The lowest BCUT2D eigenvalue weighted by Crippen LogP contribution is -2.39. The summed E-state index contributed by atoms with van der Waals surface area (Å²) < 4.78 is 25.0. The molecule has 2 heterocycles. The number of aliphatic imine (C=N–C) groups is 1. The van der Waals surface area contributed by atoms with E-state index in [1.165, 1.54) is 4.31 Å². The van der Waals surface area contributed by atoms with Crippen molar-refractivity contribution in [3.8, 4) is 0 Å². The highest BCUT2D eigenvalue weighted by Crippen LogP contribution is 2.12. The van der Waals surface area contributed by atoms with Crippen LogP contribution in [0.15, 0.2) is 23.3 Å². The van der Waals surface area contributed by atoms with Gasteiger partial charge in [-0.2, -0.15) is 0 Å². The maximum absolute atomic E-state index is 11.7. The molecule has 0 amide bonds. The van der Waals surface area contributed by atoms with E-state index >= 15 is 0 Å². The molecule has 0 aromatic carbocycles. The number of hydrogen-bond donors (Lipinski definition) is 2. The van der Waals surface area contributed by atoms with E-state index in [2.05, 4.69) is 20.6 Å². The van der Waals surface area contributed by atoms with Gasteiger partial charge in [0.2, 0.25) is 10.0 Å². The second-order valence-corrected chi connectivity index (χ2v) is 7.97. The largest absolute Gasteiger partial charge is 0.357 e. The Bertz CT molecular complexity index is 648. The number of rotatable bonds is 7. The third kappa shape index (κ3) is 5.92. The van der Waals surface area contributed by atoms with Crippen LogP contribution >= 0.6 is 11.6 Å². The molecule has 0 spiro atoms. The van der Waals surface area contributed by atoms with Crippen LogP contribution in [0.3, 0.4) is 0 Å². The molecule has 0 saturated carbocycles. The van der Waals surface area contributed by atoms with Crippen molar-refractivity contribution in [2.75, 3.05) is 38.5 Å². The summed E-state index contributed by atoms with van der Waals surface area (Å²) >= 11 is 5.77. The lowest BCUT2D eigenvalue weighted by atomic mass is 10.2. The van der Waals surface area contributed by atoms with Crippen molar-refractivity contribution < 1.29 is 8.42 Å². The normalized spacial score (nSPS) is 17.8. The number of aromatic nitrogens is 1. The van der Waals surface area contributed by atoms with E-state index in [0.29, 0.717) is 43.7 Å². The number of pyridine rings is 1. The molecule has 1 fully saturated rings. The lowest BCUT2D eigenvalue weighted by molar-refractivity contribution is 0.452. The Hall–Kier alpha value is -1.38. The summed E-state index contributed by atoms with van der Waals surface area (Å²) in [4.78, 5) is 8.49. The van der Waals surface area contributed by atoms with E-state index in [9.17, 15) is 8.42 Å². The fraction of sp³-hybridized carbons (Fsp3) is 0.600. The molecule has 9 heteroatoms. The summed E-state index contributed by atoms with van der Waals surface area (Å²) in [6.45, 7) is 4.92. The quantitative estimate of drug-likeness (QED) is 0.420. The maximum Gasteiger partial charge on any atom is 0.214 e. The zero-order chi connectivity index (χ0) is 17.4. The molecule has 1 aromatic rings. The summed E-state index contributed by atoms with van der Waals surface area (Å²) in [5.41, 5.74) is 1.09. The van der Waals surface area contributed by atoms with Crippen LogP contribution in [0.5, 0.6) is 0 Å². The first-order valence-electron chi connectivity index (χ1n) is 8.11. The summed E-state index contributed by atoms with van der Waals surface area (Å²) in [5.74, 6) is 0.945. The van der Waals surface area contributed by atoms with E-state index in [0.717, 1.165) is 18.5 Å². The number of halogens is 1. The minimum Gasteiger partial charge on any atom is -0.357 e. The van der Waals surface area contributed by atoms with Crippen molar-refractivity contribution in [1.82, 2.24) is 19.9 Å². The van der Waals surface area contributed by atoms with Gasteiger partial charge in [0.1, 0.15) is 5.15 Å². The molecule has 0 unspecified atom stereocenters. The predicted molar refractivity (Wildman–Crippen MR) is 96.9 cm³/mol. The summed E-state index contributed by atoms with van der Waals surface area (Å²) in [5, 5.41) is 6.88. The topological polar surface area (TPSA) is 86.7 Å². The molecule has 24 heavy (non-hydrogen) atoms. The standard InChI is InChI=1S/C15H24ClN5O2S/c1-2-17-15(18-7-6-13-4-5-14(16)20-12-13)19-8-10-21-9-3-11-24(21,22)23/h4-5,12H,2-3,6-11H2,1H3,(H2,17,18,19). The molecule has 0 radical (unpaired) electrons. The first kappa shape index (κ1) is 19.0. The van der Waals surface area contributed by atoms with Crippen LogP contribution < -0.4 is 10.6 Å². The van der Waals surface area contributed by atoms with Gasteiger partial charge in [0, 0.05) is 32.4 Å². The monoisotopic (exact) mass is 373 g/mol. The number of guanidine groups is 1. The predicted octanol–water partition coefficient (Wildman–Crippen LogP) is 0.868. The van der Waals surface area contributed by atoms with Gasteiger partial charge in [-0.1, -0.05) is 17.7 Å². The van der Waals surface area contributed by atoms with Crippen LogP contribution in [-0.2, 0) is 16.4 Å². The zero-order valence-electron chi connectivity index (χ0n) is 13.8. The number of nitrogens with zero attached hydrogens (tertiary/aromatic N) is 3. The van der Waals surface area contributed by atoms with Crippen LogP contribution in [-0.4, -0.2) is 62.1 Å². The fourth-order valence-electron chi connectivity index (χ4n) is 2.44. The van der Waals surface area contributed by atoms with E-state index in [1.807, 2.05) is 13.0 Å². The third-order valence-electron chi connectivity index (χ3n) is 3.66. The Morgan fingerprint density at radius 1 is 1.42 bits per heavy atom. The highest BCUT2D eigenvalue weighted by atomic mass is 35.5. The van der Waals surface area contributed by atoms with Gasteiger partial charge < -0.3 is 10.6 Å². The molecule has 0 aliphatic carbocycles.